The van der Waals surface area contributed by atoms with Crippen LogP contribution in [0, 0.1) is 11.8 Å². The van der Waals surface area contributed by atoms with Gasteiger partial charge in [-0.25, -0.2) is 0 Å². The maximum atomic E-state index is 12.5. The molecule has 22 heavy (non-hydrogen) atoms. The molecule has 4 rings (SSSR count). The summed E-state index contributed by atoms with van der Waals surface area (Å²) < 4.78 is 5.91. The fourth-order valence-corrected chi connectivity index (χ4v) is 4.41. The van der Waals surface area contributed by atoms with Crippen molar-refractivity contribution in [2.45, 2.75) is 44.4 Å². The van der Waals surface area contributed by atoms with Crippen LogP contribution in [0.3, 0.4) is 0 Å². The molecule has 2 saturated heterocycles. The van der Waals surface area contributed by atoms with E-state index in [0.29, 0.717) is 6.04 Å². The summed E-state index contributed by atoms with van der Waals surface area (Å²) in [6, 6.07) is 2.68. The van der Waals surface area contributed by atoms with E-state index in [1.54, 1.807) is 11.3 Å². The second-order valence-electron chi connectivity index (χ2n) is 6.95. The van der Waals surface area contributed by atoms with Gasteiger partial charge in [0.05, 0.1) is 12.0 Å². The van der Waals surface area contributed by atoms with Crippen LogP contribution in [0.2, 0.25) is 0 Å². The molecule has 1 amide bonds. The van der Waals surface area contributed by atoms with Gasteiger partial charge in [-0.3, -0.25) is 9.69 Å². The molecular weight excluding hydrogens is 296 g/mol. The van der Waals surface area contributed by atoms with Crippen molar-refractivity contribution >= 4 is 17.2 Å². The number of thiophene rings is 1. The van der Waals surface area contributed by atoms with Crippen LogP contribution in [0.4, 0.5) is 0 Å². The van der Waals surface area contributed by atoms with Crippen LogP contribution in [0.15, 0.2) is 16.8 Å². The van der Waals surface area contributed by atoms with E-state index >= 15 is 0 Å². The highest BCUT2D eigenvalue weighted by molar-refractivity contribution is 7.07. The number of carbonyl (C=O) groups excluding carboxylic acids is 1. The SMILES string of the molecule is O=C(NCC1CC1)[C@@H]1C[C@@H]2OCC[C@@H]2N(Cc2ccsc2)C1. The Morgan fingerprint density at radius 2 is 2.32 bits per heavy atom. The van der Waals surface area contributed by atoms with Crippen LogP contribution in [-0.4, -0.2) is 42.6 Å². The molecule has 3 atom stereocenters. The first-order valence-corrected chi connectivity index (χ1v) is 9.38. The molecule has 3 fully saturated rings. The molecule has 120 valence electrons. The van der Waals surface area contributed by atoms with Crippen molar-refractivity contribution < 1.29 is 9.53 Å². The third-order valence-electron chi connectivity index (χ3n) is 5.21. The van der Waals surface area contributed by atoms with Crippen molar-refractivity contribution in [3.63, 3.8) is 0 Å². The number of carbonyl (C=O) groups is 1. The summed E-state index contributed by atoms with van der Waals surface area (Å²) in [5.74, 6) is 1.05. The van der Waals surface area contributed by atoms with Gasteiger partial charge in [-0.1, -0.05) is 0 Å². The number of nitrogens with one attached hydrogen (secondary N) is 1. The van der Waals surface area contributed by atoms with Gasteiger partial charge in [0.25, 0.3) is 0 Å². The molecule has 0 spiro atoms. The van der Waals surface area contributed by atoms with Gasteiger partial charge in [-0.05, 0) is 54.0 Å². The molecule has 0 unspecified atom stereocenters. The molecule has 1 N–H and O–H groups in total. The molecule has 1 aromatic rings. The predicted octanol–water partition coefficient (Wildman–Crippen LogP) is 2.25. The first-order valence-electron chi connectivity index (χ1n) is 8.44. The summed E-state index contributed by atoms with van der Waals surface area (Å²) in [6.45, 7) is 3.53. The number of likely N-dealkylation sites (tertiary alicyclic amines) is 1. The van der Waals surface area contributed by atoms with Crippen LogP contribution in [-0.2, 0) is 16.1 Å². The number of fused-ring (bicyclic) bond motifs is 1. The summed E-state index contributed by atoms with van der Waals surface area (Å²) in [5, 5.41) is 7.49. The second kappa shape index (κ2) is 6.30. The normalized spacial score (nSPS) is 31.9. The number of hydrogen-bond acceptors (Lipinski definition) is 4. The van der Waals surface area contributed by atoms with Crippen molar-refractivity contribution in [3.8, 4) is 0 Å². The topological polar surface area (TPSA) is 41.6 Å². The number of ether oxygens (including phenoxy) is 1. The Morgan fingerprint density at radius 1 is 1.41 bits per heavy atom. The molecule has 1 aromatic heterocycles. The second-order valence-corrected chi connectivity index (χ2v) is 7.73. The zero-order valence-electron chi connectivity index (χ0n) is 12.9. The lowest BCUT2D eigenvalue weighted by Gasteiger charge is -2.40. The van der Waals surface area contributed by atoms with E-state index in [9.17, 15) is 4.79 Å². The van der Waals surface area contributed by atoms with Gasteiger partial charge in [0.2, 0.25) is 5.91 Å². The van der Waals surface area contributed by atoms with Gasteiger partial charge in [-0.2, -0.15) is 11.3 Å². The molecule has 0 aromatic carbocycles. The van der Waals surface area contributed by atoms with Crippen LogP contribution < -0.4 is 5.32 Å². The first-order chi connectivity index (χ1) is 10.8. The van der Waals surface area contributed by atoms with Gasteiger partial charge in [0.1, 0.15) is 0 Å². The number of nitrogens with zero attached hydrogens (tertiary/aromatic N) is 1. The van der Waals surface area contributed by atoms with E-state index in [4.69, 9.17) is 4.74 Å². The van der Waals surface area contributed by atoms with Crippen molar-refractivity contribution in [3.05, 3.63) is 22.4 Å². The maximum absolute atomic E-state index is 12.5. The predicted molar refractivity (Wildman–Crippen MR) is 86.7 cm³/mol. The van der Waals surface area contributed by atoms with Gasteiger partial charge in [0.15, 0.2) is 0 Å². The minimum atomic E-state index is 0.0803. The van der Waals surface area contributed by atoms with Crippen molar-refractivity contribution in [2.24, 2.45) is 11.8 Å². The Hall–Kier alpha value is -0.910. The molecule has 1 saturated carbocycles. The molecule has 0 radical (unpaired) electrons. The molecule has 5 heteroatoms. The summed E-state index contributed by atoms with van der Waals surface area (Å²) in [5.41, 5.74) is 1.36. The van der Waals surface area contributed by atoms with Gasteiger partial charge >= 0.3 is 0 Å². The Balaban J connectivity index is 1.41. The van der Waals surface area contributed by atoms with Gasteiger partial charge < -0.3 is 10.1 Å². The van der Waals surface area contributed by atoms with E-state index in [1.165, 1.54) is 18.4 Å². The lowest BCUT2D eigenvalue weighted by Crippen LogP contribution is -2.52. The Labute approximate surface area is 135 Å². The number of hydrogen-bond donors (Lipinski definition) is 1. The van der Waals surface area contributed by atoms with E-state index in [2.05, 4.69) is 27.0 Å². The van der Waals surface area contributed by atoms with Crippen molar-refractivity contribution in [2.75, 3.05) is 19.7 Å². The molecule has 3 aliphatic rings. The Kier molecular flexibility index (Phi) is 4.20. The van der Waals surface area contributed by atoms with E-state index in [1.807, 2.05) is 0 Å². The number of piperidine rings is 1. The molecular formula is C17H24N2O2S. The molecule has 3 heterocycles. The van der Waals surface area contributed by atoms with Crippen LogP contribution in [0.1, 0.15) is 31.2 Å². The van der Waals surface area contributed by atoms with Gasteiger partial charge in [0, 0.05) is 32.3 Å². The van der Waals surface area contributed by atoms with E-state index < -0.39 is 0 Å². The lowest BCUT2D eigenvalue weighted by molar-refractivity contribution is -0.129. The Bertz CT molecular complexity index is 515. The van der Waals surface area contributed by atoms with Crippen LogP contribution in [0.25, 0.3) is 0 Å². The summed E-state index contributed by atoms with van der Waals surface area (Å²) in [4.78, 5) is 15.0. The highest BCUT2D eigenvalue weighted by Gasteiger charge is 2.42. The summed E-state index contributed by atoms with van der Waals surface area (Å²) in [6.07, 6.45) is 4.79. The standard InChI is InChI=1S/C17H24N2O2S/c20-17(18-8-12-1-2-12)14-7-16-15(3-5-21-16)19(10-14)9-13-4-6-22-11-13/h4,6,11-12,14-16H,1-3,5,7-10H2,(H,18,20)/t14-,15+,16+/m1/s1. The summed E-state index contributed by atoms with van der Waals surface area (Å²) >= 11 is 1.74. The highest BCUT2D eigenvalue weighted by atomic mass is 32.1. The molecule has 4 nitrogen and oxygen atoms in total. The minimum absolute atomic E-state index is 0.0803. The largest absolute Gasteiger partial charge is 0.377 e. The first kappa shape index (κ1) is 14.7. The van der Waals surface area contributed by atoms with Crippen molar-refractivity contribution in [1.29, 1.82) is 0 Å². The number of amides is 1. The average molecular weight is 320 g/mol. The molecule has 1 aliphatic carbocycles. The lowest BCUT2D eigenvalue weighted by atomic mass is 9.89. The monoisotopic (exact) mass is 320 g/mol. The fourth-order valence-electron chi connectivity index (χ4n) is 3.75. The summed E-state index contributed by atoms with van der Waals surface area (Å²) in [7, 11) is 0. The zero-order valence-corrected chi connectivity index (χ0v) is 13.7. The van der Waals surface area contributed by atoms with E-state index in [0.717, 1.165) is 45.0 Å². The Morgan fingerprint density at radius 3 is 3.09 bits per heavy atom. The quantitative estimate of drug-likeness (QED) is 0.905. The fraction of sp³-hybridized carbons (Fsp3) is 0.706. The number of rotatable bonds is 5. The van der Waals surface area contributed by atoms with E-state index in [-0.39, 0.29) is 17.9 Å². The molecule has 0 bridgehead atoms. The zero-order chi connectivity index (χ0) is 14.9. The third-order valence-corrected chi connectivity index (χ3v) is 5.95. The smallest absolute Gasteiger partial charge is 0.224 e. The highest BCUT2D eigenvalue weighted by Crippen LogP contribution is 2.33. The van der Waals surface area contributed by atoms with Crippen LogP contribution in [0.5, 0.6) is 0 Å². The molecule has 2 aliphatic heterocycles. The minimum Gasteiger partial charge on any atom is -0.377 e. The van der Waals surface area contributed by atoms with Crippen LogP contribution >= 0.6 is 11.3 Å². The van der Waals surface area contributed by atoms with Gasteiger partial charge in [-0.15, -0.1) is 0 Å². The average Bonchev–Trinajstić information content (AvgIpc) is 3.00. The van der Waals surface area contributed by atoms with Crippen molar-refractivity contribution in [1.82, 2.24) is 10.2 Å². The third kappa shape index (κ3) is 3.21. The maximum Gasteiger partial charge on any atom is 0.224 e.